The number of hydrogen-bond acceptors (Lipinski definition) is 2. The lowest BCUT2D eigenvalue weighted by Gasteiger charge is -2.30. The van der Waals surface area contributed by atoms with Crippen molar-refractivity contribution in [3.63, 3.8) is 0 Å². The molecule has 0 spiro atoms. The minimum atomic E-state index is 0.303. The normalized spacial score (nSPS) is 35.3. The van der Waals surface area contributed by atoms with E-state index in [0.717, 1.165) is 31.6 Å². The van der Waals surface area contributed by atoms with Gasteiger partial charge < -0.3 is 10.6 Å². The average Bonchev–Trinajstić information content (AvgIpc) is 2.77. The summed E-state index contributed by atoms with van der Waals surface area (Å²) in [6.07, 6.45) is 13.6. The SMILES string of the molecule is O=C(CCC1CCCCC1)NC1CC2CCC(C1)N2. The first-order chi connectivity index (χ1) is 9.29. The van der Waals surface area contributed by atoms with Crippen molar-refractivity contribution < 1.29 is 4.79 Å². The molecule has 0 radical (unpaired) electrons. The Morgan fingerprint density at radius 3 is 2.37 bits per heavy atom. The topological polar surface area (TPSA) is 41.1 Å². The summed E-state index contributed by atoms with van der Waals surface area (Å²) in [5, 5.41) is 6.91. The van der Waals surface area contributed by atoms with Crippen LogP contribution in [-0.4, -0.2) is 24.0 Å². The van der Waals surface area contributed by atoms with Gasteiger partial charge in [0.05, 0.1) is 0 Å². The summed E-state index contributed by atoms with van der Waals surface area (Å²) in [6, 6.07) is 1.78. The molecule has 0 aromatic heterocycles. The van der Waals surface area contributed by atoms with E-state index >= 15 is 0 Å². The monoisotopic (exact) mass is 264 g/mol. The van der Waals surface area contributed by atoms with Crippen LogP contribution in [-0.2, 0) is 4.79 Å². The fourth-order valence-corrected chi connectivity index (χ4v) is 4.29. The molecule has 3 rings (SSSR count). The molecular weight excluding hydrogens is 236 g/mol. The Bertz CT molecular complexity index is 300. The molecule has 108 valence electrons. The highest BCUT2D eigenvalue weighted by atomic mass is 16.1. The summed E-state index contributed by atoms with van der Waals surface area (Å²) in [4.78, 5) is 12.1. The van der Waals surface area contributed by atoms with Crippen LogP contribution in [0.4, 0.5) is 0 Å². The van der Waals surface area contributed by atoms with Crippen LogP contribution in [0.1, 0.15) is 70.6 Å². The molecular formula is C16H28N2O. The molecule has 1 aliphatic carbocycles. The molecule has 2 saturated heterocycles. The Morgan fingerprint density at radius 2 is 1.68 bits per heavy atom. The molecule has 2 unspecified atom stereocenters. The van der Waals surface area contributed by atoms with Crippen LogP contribution in [0.2, 0.25) is 0 Å². The zero-order valence-electron chi connectivity index (χ0n) is 12.0. The number of nitrogens with one attached hydrogen (secondary N) is 2. The standard InChI is InChI=1S/C16H28N2O/c19-16(9-6-12-4-2-1-3-5-12)18-15-10-13-7-8-14(11-15)17-13/h12-15,17H,1-11H2,(H,18,19). The van der Waals surface area contributed by atoms with Gasteiger partial charge in [0.15, 0.2) is 0 Å². The molecule has 3 aliphatic rings. The molecule has 2 bridgehead atoms. The average molecular weight is 264 g/mol. The van der Waals surface area contributed by atoms with Crippen LogP contribution in [0.15, 0.2) is 0 Å². The van der Waals surface area contributed by atoms with Crippen molar-refractivity contribution in [2.24, 2.45) is 5.92 Å². The summed E-state index contributed by atoms with van der Waals surface area (Å²) in [5.41, 5.74) is 0. The van der Waals surface area contributed by atoms with Gasteiger partial charge in [-0.2, -0.15) is 0 Å². The van der Waals surface area contributed by atoms with Gasteiger partial charge in [-0.25, -0.2) is 0 Å². The predicted octanol–water partition coefficient (Wildman–Crippen LogP) is 2.75. The van der Waals surface area contributed by atoms with Gasteiger partial charge in [-0.15, -0.1) is 0 Å². The second kappa shape index (κ2) is 6.25. The van der Waals surface area contributed by atoms with Crippen LogP contribution < -0.4 is 10.6 Å². The third kappa shape index (κ3) is 3.71. The first-order valence-corrected chi connectivity index (χ1v) is 8.35. The molecule has 1 saturated carbocycles. The Morgan fingerprint density at radius 1 is 1.00 bits per heavy atom. The second-order valence-electron chi connectivity index (χ2n) is 6.92. The van der Waals surface area contributed by atoms with Crippen LogP contribution in [0.25, 0.3) is 0 Å². The van der Waals surface area contributed by atoms with Crippen molar-refractivity contribution in [2.45, 2.75) is 88.8 Å². The van der Waals surface area contributed by atoms with E-state index in [1.807, 2.05) is 0 Å². The number of carbonyl (C=O) groups is 1. The number of piperidine rings is 1. The van der Waals surface area contributed by atoms with Crippen molar-refractivity contribution in [3.8, 4) is 0 Å². The molecule has 3 fully saturated rings. The Balaban J connectivity index is 1.36. The Hall–Kier alpha value is -0.570. The number of fused-ring (bicyclic) bond motifs is 2. The van der Waals surface area contributed by atoms with Crippen molar-refractivity contribution in [3.05, 3.63) is 0 Å². The fourth-order valence-electron chi connectivity index (χ4n) is 4.29. The van der Waals surface area contributed by atoms with Gasteiger partial charge in [-0.3, -0.25) is 4.79 Å². The quantitative estimate of drug-likeness (QED) is 0.820. The highest BCUT2D eigenvalue weighted by Gasteiger charge is 2.33. The van der Waals surface area contributed by atoms with Crippen LogP contribution in [0.3, 0.4) is 0 Å². The Labute approximate surface area is 116 Å². The Kier molecular flexibility index (Phi) is 4.42. The molecule has 0 aromatic rings. The van der Waals surface area contributed by atoms with Gasteiger partial charge in [-0.1, -0.05) is 32.1 Å². The van der Waals surface area contributed by atoms with Gasteiger partial charge in [0.2, 0.25) is 5.91 Å². The minimum Gasteiger partial charge on any atom is -0.353 e. The molecule has 2 N–H and O–H groups in total. The van der Waals surface area contributed by atoms with Crippen LogP contribution >= 0.6 is 0 Å². The van der Waals surface area contributed by atoms with Gasteiger partial charge in [-0.05, 0) is 38.0 Å². The molecule has 2 atom stereocenters. The number of rotatable bonds is 4. The summed E-state index contributed by atoms with van der Waals surface area (Å²) in [7, 11) is 0. The number of amides is 1. The number of carbonyl (C=O) groups excluding carboxylic acids is 1. The molecule has 2 heterocycles. The maximum absolute atomic E-state index is 12.1. The van der Waals surface area contributed by atoms with E-state index in [0.29, 0.717) is 24.0 Å². The summed E-state index contributed by atoms with van der Waals surface area (Å²) in [6.45, 7) is 0. The van der Waals surface area contributed by atoms with E-state index in [4.69, 9.17) is 0 Å². The third-order valence-electron chi connectivity index (χ3n) is 5.34. The molecule has 1 amide bonds. The van der Waals surface area contributed by atoms with E-state index in [-0.39, 0.29) is 0 Å². The maximum Gasteiger partial charge on any atom is 0.220 e. The first kappa shape index (κ1) is 13.4. The van der Waals surface area contributed by atoms with Gasteiger partial charge in [0.25, 0.3) is 0 Å². The van der Waals surface area contributed by atoms with Crippen molar-refractivity contribution in [1.29, 1.82) is 0 Å². The van der Waals surface area contributed by atoms with Crippen molar-refractivity contribution in [2.75, 3.05) is 0 Å². The first-order valence-electron chi connectivity index (χ1n) is 8.35. The molecule has 3 heteroatoms. The summed E-state index contributed by atoms with van der Waals surface area (Å²) < 4.78 is 0. The zero-order valence-corrected chi connectivity index (χ0v) is 12.0. The van der Waals surface area contributed by atoms with E-state index in [1.165, 1.54) is 44.9 Å². The van der Waals surface area contributed by atoms with Gasteiger partial charge >= 0.3 is 0 Å². The largest absolute Gasteiger partial charge is 0.353 e. The smallest absolute Gasteiger partial charge is 0.220 e. The molecule has 0 aromatic carbocycles. The summed E-state index contributed by atoms with van der Waals surface area (Å²) >= 11 is 0. The molecule has 3 nitrogen and oxygen atoms in total. The highest BCUT2D eigenvalue weighted by molar-refractivity contribution is 5.76. The van der Waals surface area contributed by atoms with Gasteiger partial charge in [0.1, 0.15) is 0 Å². The maximum atomic E-state index is 12.1. The lowest BCUT2D eigenvalue weighted by molar-refractivity contribution is -0.122. The lowest BCUT2D eigenvalue weighted by Crippen LogP contribution is -2.48. The second-order valence-corrected chi connectivity index (χ2v) is 6.92. The van der Waals surface area contributed by atoms with Crippen molar-refractivity contribution >= 4 is 5.91 Å². The van der Waals surface area contributed by atoms with E-state index < -0.39 is 0 Å². The zero-order chi connectivity index (χ0) is 13.1. The van der Waals surface area contributed by atoms with E-state index in [1.54, 1.807) is 0 Å². The molecule has 2 aliphatic heterocycles. The third-order valence-corrected chi connectivity index (χ3v) is 5.34. The van der Waals surface area contributed by atoms with E-state index in [2.05, 4.69) is 10.6 Å². The van der Waals surface area contributed by atoms with E-state index in [9.17, 15) is 4.79 Å². The predicted molar refractivity (Wildman–Crippen MR) is 76.9 cm³/mol. The van der Waals surface area contributed by atoms with Crippen molar-refractivity contribution in [1.82, 2.24) is 10.6 Å². The van der Waals surface area contributed by atoms with Crippen LogP contribution in [0.5, 0.6) is 0 Å². The summed E-state index contributed by atoms with van der Waals surface area (Å²) in [5.74, 6) is 1.13. The molecule has 19 heavy (non-hydrogen) atoms. The van der Waals surface area contributed by atoms with Gasteiger partial charge in [0, 0.05) is 24.5 Å². The fraction of sp³-hybridized carbons (Fsp3) is 0.938. The minimum absolute atomic E-state index is 0.303. The lowest BCUT2D eigenvalue weighted by atomic mass is 9.86. The van der Waals surface area contributed by atoms with Crippen LogP contribution in [0, 0.1) is 5.92 Å². The highest BCUT2D eigenvalue weighted by Crippen LogP contribution is 2.28. The number of hydrogen-bond donors (Lipinski definition) is 2.